The Morgan fingerprint density at radius 2 is 1.90 bits per heavy atom. The number of hydrogen-bond donors (Lipinski definition) is 2. The van der Waals surface area contributed by atoms with E-state index in [0.29, 0.717) is 0 Å². The van der Waals surface area contributed by atoms with Crippen LogP contribution in [0.3, 0.4) is 0 Å². The van der Waals surface area contributed by atoms with Crippen LogP contribution in [-0.2, 0) is 9.53 Å². The van der Waals surface area contributed by atoms with Gasteiger partial charge in [0.1, 0.15) is 0 Å². The Morgan fingerprint density at radius 3 is 2.55 bits per heavy atom. The van der Waals surface area contributed by atoms with Crippen molar-refractivity contribution in [3.63, 3.8) is 0 Å². The van der Waals surface area contributed by atoms with Gasteiger partial charge >= 0.3 is 0 Å². The van der Waals surface area contributed by atoms with Crippen LogP contribution in [0.1, 0.15) is 34.5 Å². The summed E-state index contributed by atoms with van der Waals surface area (Å²) >= 11 is 0. The summed E-state index contributed by atoms with van der Waals surface area (Å²) < 4.78 is 6.23. The van der Waals surface area contributed by atoms with E-state index in [9.17, 15) is 4.79 Å². The molecule has 2 aliphatic rings. The van der Waals surface area contributed by atoms with Gasteiger partial charge in [-0.15, -0.1) is 0 Å². The lowest BCUT2D eigenvalue weighted by Gasteiger charge is -2.47. The summed E-state index contributed by atoms with van der Waals surface area (Å²) in [7, 11) is 0. The van der Waals surface area contributed by atoms with Gasteiger partial charge < -0.3 is 19.7 Å². The zero-order valence-electron chi connectivity index (χ0n) is 18.0. The third kappa shape index (κ3) is 6.06. The molecule has 1 amide bonds. The zero-order valence-corrected chi connectivity index (χ0v) is 18.0. The van der Waals surface area contributed by atoms with E-state index < -0.39 is 0 Å². The molecule has 2 N–H and O–H groups in total. The second-order valence-corrected chi connectivity index (χ2v) is 7.99. The molecule has 4 rings (SSSR count). The highest BCUT2D eigenvalue weighted by atomic mass is 16.5. The van der Waals surface area contributed by atoms with Crippen LogP contribution < -0.4 is 0 Å². The third-order valence-electron chi connectivity index (χ3n) is 5.95. The van der Waals surface area contributed by atoms with E-state index in [1.807, 2.05) is 30.2 Å². The van der Waals surface area contributed by atoms with Crippen molar-refractivity contribution in [3.05, 3.63) is 65.5 Å². The Balaban J connectivity index is 0.000000858. The number of aryl methyl sites for hydroxylation is 1. The van der Waals surface area contributed by atoms with Gasteiger partial charge in [0.25, 0.3) is 12.4 Å². The minimum absolute atomic E-state index is 0.108. The number of morpholine rings is 1. The lowest BCUT2D eigenvalue weighted by molar-refractivity contribution is -0.130. The van der Waals surface area contributed by atoms with E-state index in [4.69, 9.17) is 14.6 Å². The topological polar surface area (TPSA) is 85.9 Å². The zero-order chi connectivity index (χ0) is 22.1. The number of carbonyl (C=O) groups excluding carboxylic acids is 1. The molecular formula is C24H31N3O4. The molecule has 0 atom stereocenters. The summed E-state index contributed by atoms with van der Waals surface area (Å²) in [6.07, 6.45) is 8.06. The molecule has 2 fully saturated rings. The molecule has 166 valence electrons. The Kier molecular flexibility index (Phi) is 8.03. The lowest BCUT2D eigenvalue weighted by Crippen LogP contribution is -2.57. The van der Waals surface area contributed by atoms with E-state index in [1.165, 1.54) is 5.56 Å². The number of nitrogens with zero attached hydrogens (tertiary/aromatic N) is 2. The third-order valence-corrected chi connectivity index (χ3v) is 5.95. The number of aromatic nitrogens is 1. The number of nitrogens with one attached hydrogen (secondary N) is 1. The maximum atomic E-state index is 12.7. The lowest BCUT2D eigenvalue weighted by atomic mass is 9.89. The maximum absolute atomic E-state index is 12.7. The number of likely N-dealkylation sites (tertiary alicyclic amines) is 1. The fourth-order valence-corrected chi connectivity index (χ4v) is 4.26. The van der Waals surface area contributed by atoms with Crippen molar-refractivity contribution in [1.82, 2.24) is 14.8 Å². The van der Waals surface area contributed by atoms with Gasteiger partial charge in [0.15, 0.2) is 0 Å². The van der Waals surface area contributed by atoms with Crippen molar-refractivity contribution in [2.24, 2.45) is 0 Å². The molecule has 0 saturated carbocycles. The van der Waals surface area contributed by atoms with Crippen molar-refractivity contribution in [2.75, 3.05) is 39.3 Å². The molecule has 0 radical (unpaired) electrons. The van der Waals surface area contributed by atoms with Crippen LogP contribution in [-0.4, -0.2) is 77.2 Å². The van der Waals surface area contributed by atoms with Crippen LogP contribution >= 0.6 is 0 Å². The van der Waals surface area contributed by atoms with Crippen molar-refractivity contribution in [3.8, 4) is 0 Å². The number of carboxylic acid groups (broad SMARTS) is 1. The number of ether oxygens (including phenoxy) is 1. The fraction of sp³-hybridized carbons (Fsp3) is 0.417. The standard InChI is InChI=1S/C23H29N3O2.CH2O2/c1-19-21(9-12-24-19)22(27)26-14-10-23(11-15-26)18-25(16-17-28-23)13-5-8-20-6-3-2-4-7-20;2-1-3/h2-9,12,24H,10-11,13-18H2,1H3;1H,(H,2,3). The number of H-pyrrole nitrogens is 1. The van der Waals surface area contributed by atoms with E-state index in [2.05, 4.69) is 46.3 Å². The van der Waals surface area contributed by atoms with Gasteiger partial charge in [-0.2, -0.15) is 0 Å². The van der Waals surface area contributed by atoms with Gasteiger partial charge in [0.05, 0.1) is 17.8 Å². The minimum atomic E-state index is -0.250. The van der Waals surface area contributed by atoms with Gasteiger partial charge in [-0.25, -0.2) is 0 Å². The highest BCUT2D eigenvalue weighted by Crippen LogP contribution is 2.31. The molecule has 7 heteroatoms. The van der Waals surface area contributed by atoms with Crippen LogP contribution in [0.4, 0.5) is 0 Å². The first-order chi connectivity index (χ1) is 15.1. The van der Waals surface area contributed by atoms with Crippen molar-refractivity contribution in [1.29, 1.82) is 0 Å². The Hall–Kier alpha value is -2.90. The van der Waals surface area contributed by atoms with E-state index in [1.54, 1.807) is 0 Å². The molecule has 31 heavy (non-hydrogen) atoms. The monoisotopic (exact) mass is 425 g/mol. The summed E-state index contributed by atoms with van der Waals surface area (Å²) in [5.74, 6) is 0.132. The molecule has 2 saturated heterocycles. The first-order valence-corrected chi connectivity index (χ1v) is 10.7. The molecule has 0 bridgehead atoms. The first kappa shape index (κ1) is 22.8. The molecule has 7 nitrogen and oxygen atoms in total. The first-order valence-electron chi connectivity index (χ1n) is 10.7. The number of carbonyl (C=O) groups is 2. The molecule has 1 aromatic carbocycles. The Bertz CT molecular complexity index is 870. The second-order valence-electron chi connectivity index (χ2n) is 7.99. The summed E-state index contributed by atoms with van der Waals surface area (Å²) in [6.45, 7) is 6.83. The van der Waals surface area contributed by atoms with Crippen molar-refractivity contribution < 1.29 is 19.4 Å². The van der Waals surface area contributed by atoms with Gasteiger partial charge in [0.2, 0.25) is 0 Å². The number of piperidine rings is 1. The summed E-state index contributed by atoms with van der Waals surface area (Å²) in [6, 6.07) is 12.3. The van der Waals surface area contributed by atoms with E-state index in [0.717, 1.165) is 63.4 Å². The van der Waals surface area contributed by atoms with Crippen LogP contribution in [0.15, 0.2) is 48.7 Å². The van der Waals surface area contributed by atoms with Crippen molar-refractivity contribution >= 4 is 18.5 Å². The van der Waals surface area contributed by atoms with Crippen LogP contribution in [0.5, 0.6) is 0 Å². The predicted octanol–water partition coefficient (Wildman–Crippen LogP) is 3.04. The quantitative estimate of drug-likeness (QED) is 0.736. The molecule has 3 heterocycles. The minimum Gasteiger partial charge on any atom is -0.483 e. The highest BCUT2D eigenvalue weighted by molar-refractivity contribution is 5.95. The number of benzene rings is 1. The number of hydrogen-bond acceptors (Lipinski definition) is 4. The Morgan fingerprint density at radius 1 is 1.19 bits per heavy atom. The van der Waals surface area contributed by atoms with Crippen LogP contribution in [0.25, 0.3) is 6.08 Å². The Labute approximate surface area is 183 Å². The van der Waals surface area contributed by atoms with Crippen LogP contribution in [0.2, 0.25) is 0 Å². The van der Waals surface area contributed by atoms with Crippen LogP contribution in [0, 0.1) is 6.92 Å². The van der Waals surface area contributed by atoms with Gasteiger partial charge in [-0.05, 0) is 31.4 Å². The summed E-state index contributed by atoms with van der Waals surface area (Å²) in [5, 5.41) is 6.89. The molecule has 2 aliphatic heterocycles. The average Bonchev–Trinajstić information content (AvgIpc) is 3.21. The van der Waals surface area contributed by atoms with Gasteiger partial charge in [-0.3, -0.25) is 14.5 Å². The number of aromatic amines is 1. The predicted molar refractivity (Wildman–Crippen MR) is 120 cm³/mol. The molecule has 0 unspecified atom stereocenters. The van der Waals surface area contributed by atoms with E-state index in [-0.39, 0.29) is 18.0 Å². The van der Waals surface area contributed by atoms with Gasteiger partial charge in [-0.1, -0.05) is 42.5 Å². The summed E-state index contributed by atoms with van der Waals surface area (Å²) in [5.41, 5.74) is 2.85. The van der Waals surface area contributed by atoms with E-state index >= 15 is 0 Å². The summed E-state index contributed by atoms with van der Waals surface area (Å²) in [4.78, 5) is 28.6. The maximum Gasteiger partial charge on any atom is 0.290 e. The highest BCUT2D eigenvalue weighted by Gasteiger charge is 2.40. The average molecular weight is 426 g/mol. The second kappa shape index (κ2) is 10.9. The molecular weight excluding hydrogens is 394 g/mol. The number of amides is 1. The SMILES string of the molecule is Cc1[nH]ccc1C(=O)N1CCC2(CC1)CN(CC=Cc1ccccc1)CCO2.O=CO. The normalized spacial score (nSPS) is 18.5. The fourth-order valence-electron chi connectivity index (χ4n) is 4.26. The largest absolute Gasteiger partial charge is 0.483 e. The molecule has 1 aromatic heterocycles. The molecule has 1 spiro atoms. The molecule has 2 aromatic rings. The molecule has 0 aliphatic carbocycles. The smallest absolute Gasteiger partial charge is 0.290 e. The van der Waals surface area contributed by atoms with Crippen molar-refractivity contribution in [2.45, 2.75) is 25.4 Å². The van der Waals surface area contributed by atoms with Gasteiger partial charge in [0, 0.05) is 44.6 Å². The number of rotatable bonds is 4.